The van der Waals surface area contributed by atoms with Crippen LogP contribution in [0.4, 0.5) is 0 Å². The van der Waals surface area contributed by atoms with E-state index in [0.717, 1.165) is 56.8 Å². The molecule has 0 bridgehead atoms. The lowest BCUT2D eigenvalue weighted by Crippen LogP contribution is -2.36. The summed E-state index contributed by atoms with van der Waals surface area (Å²) >= 11 is 0. The van der Waals surface area contributed by atoms with Gasteiger partial charge in [-0.2, -0.15) is 5.10 Å². The van der Waals surface area contributed by atoms with Crippen molar-refractivity contribution in [3.05, 3.63) is 78.0 Å². The van der Waals surface area contributed by atoms with Crippen LogP contribution in [0.25, 0.3) is 11.3 Å². The largest absolute Gasteiger partial charge is 0.337 e. The fourth-order valence-corrected chi connectivity index (χ4v) is 4.65. The second kappa shape index (κ2) is 11.8. The zero-order chi connectivity index (χ0) is 22.9. The molecule has 0 aliphatic carbocycles. The molecule has 2 heterocycles. The first-order valence-electron chi connectivity index (χ1n) is 12.4. The zero-order valence-corrected chi connectivity index (χ0v) is 19.8. The predicted octanol–water partition coefficient (Wildman–Crippen LogP) is 5.48. The van der Waals surface area contributed by atoms with Gasteiger partial charge in [-0.25, -0.2) is 0 Å². The molecule has 33 heavy (non-hydrogen) atoms. The first-order chi connectivity index (χ1) is 16.2. The Kier molecular flexibility index (Phi) is 8.31. The minimum atomic E-state index is 0.111. The van der Waals surface area contributed by atoms with Crippen LogP contribution >= 0.6 is 0 Å². The summed E-state index contributed by atoms with van der Waals surface area (Å²) in [5.41, 5.74) is 3.98. The second-order valence-electron chi connectivity index (χ2n) is 8.92. The summed E-state index contributed by atoms with van der Waals surface area (Å²) in [5, 5.41) is 4.73. The zero-order valence-electron chi connectivity index (χ0n) is 19.8. The van der Waals surface area contributed by atoms with Gasteiger partial charge in [0.2, 0.25) is 0 Å². The molecular weight excluding hydrogens is 408 g/mol. The molecule has 5 heteroatoms. The molecule has 174 valence electrons. The van der Waals surface area contributed by atoms with E-state index in [1.54, 1.807) is 0 Å². The summed E-state index contributed by atoms with van der Waals surface area (Å²) in [6.45, 7) is 7.48. The van der Waals surface area contributed by atoms with Gasteiger partial charge in [-0.05, 0) is 44.4 Å². The quantitative estimate of drug-likeness (QED) is 0.523. The molecule has 1 aromatic heterocycles. The van der Waals surface area contributed by atoms with Gasteiger partial charge in [-0.1, -0.05) is 73.5 Å². The summed E-state index contributed by atoms with van der Waals surface area (Å²) in [4.78, 5) is 18.2. The highest BCUT2D eigenvalue weighted by molar-refractivity contribution is 5.93. The van der Waals surface area contributed by atoms with Crippen LogP contribution in [0, 0.1) is 0 Å². The fourth-order valence-electron chi connectivity index (χ4n) is 4.65. The van der Waals surface area contributed by atoms with E-state index in [9.17, 15) is 4.79 Å². The summed E-state index contributed by atoms with van der Waals surface area (Å²) in [6, 6.07) is 22.8. The van der Waals surface area contributed by atoms with Crippen molar-refractivity contribution in [1.29, 1.82) is 0 Å². The normalized spacial score (nSPS) is 16.3. The van der Waals surface area contributed by atoms with Crippen molar-refractivity contribution in [2.45, 2.75) is 52.1 Å². The molecule has 4 rings (SSSR count). The van der Waals surface area contributed by atoms with Crippen LogP contribution < -0.4 is 0 Å². The topological polar surface area (TPSA) is 41.4 Å². The van der Waals surface area contributed by atoms with Gasteiger partial charge in [-0.3, -0.25) is 14.4 Å². The highest BCUT2D eigenvalue weighted by Gasteiger charge is 2.22. The fraction of sp³-hybridized carbons (Fsp3) is 0.429. The third-order valence-electron chi connectivity index (χ3n) is 6.46. The number of amides is 1. The van der Waals surface area contributed by atoms with E-state index >= 15 is 0 Å². The van der Waals surface area contributed by atoms with E-state index in [1.807, 2.05) is 48.0 Å². The number of rotatable bonds is 5. The average Bonchev–Trinajstić information content (AvgIpc) is 3.28. The standard InChI is InChI=1S/C28H36N4O/c1-2-32-27(22-26(29-32)25-16-9-6-10-17-25)28(33)31-20-12-4-3-11-18-30(19-13-21-31)23-24-14-7-5-8-15-24/h5-10,14-17,22H,2-4,11-13,18-21,23H2,1H3. The van der Waals surface area contributed by atoms with Gasteiger partial charge in [0, 0.05) is 38.3 Å². The Hall–Kier alpha value is -2.92. The van der Waals surface area contributed by atoms with Crippen molar-refractivity contribution in [1.82, 2.24) is 19.6 Å². The molecule has 1 aliphatic rings. The molecule has 3 aromatic rings. The molecule has 0 spiro atoms. The van der Waals surface area contributed by atoms with Crippen LogP contribution in [0.3, 0.4) is 0 Å². The number of hydrogen-bond donors (Lipinski definition) is 0. The van der Waals surface area contributed by atoms with Gasteiger partial charge in [-0.15, -0.1) is 0 Å². The minimum absolute atomic E-state index is 0.111. The minimum Gasteiger partial charge on any atom is -0.337 e. The highest BCUT2D eigenvalue weighted by atomic mass is 16.2. The number of benzene rings is 2. The summed E-state index contributed by atoms with van der Waals surface area (Å²) in [6.07, 6.45) is 5.67. The van der Waals surface area contributed by atoms with Crippen LogP contribution in [0.5, 0.6) is 0 Å². The van der Waals surface area contributed by atoms with Gasteiger partial charge in [0.1, 0.15) is 5.69 Å². The maximum absolute atomic E-state index is 13.6. The Morgan fingerprint density at radius 3 is 2.18 bits per heavy atom. The molecule has 5 nitrogen and oxygen atoms in total. The molecule has 1 amide bonds. The van der Waals surface area contributed by atoms with Gasteiger partial charge in [0.15, 0.2) is 0 Å². The Morgan fingerprint density at radius 2 is 1.45 bits per heavy atom. The summed E-state index contributed by atoms with van der Waals surface area (Å²) in [5.74, 6) is 0.111. The molecule has 0 radical (unpaired) electrons. The van der Waals surface area contributed by atoms with E-state index in [-0.39, 0.29) is 5.91 Å². The summed E-state index contributed by atoms with van der Waals surface area (Å²) in [7, 11) is 0. The number of aryl methyl sites for hydroxylation is 1. The van der Waals surface area contributed by atoms with Gasteiger partial charge >= 0.3 is 0 Å². The Labute approximate surface area is 198 Å². The van der Waals surface area contributed by atoms with Crippen LogP contribution in [-0.2, 0) is 13.1 Å². The van der Waals surface area contributed by atoms with E-state index in [4.69, 9.17) is 5.10 Å². The predicted molar refractivity (Wildman–Crippen MR) is 134 cm³/mol. The van der Waals surface area contributed by atoms with E-state index in [1.165, 1.54) is 24.8 Å². The number of carbonyl (C=O) groups excluding carboxylic acids is 1. The lowest BCUT2D eigenvalue weighted by Gasteiger charge is -2.25. The second-order valence-corrected chi connectivity index (χ2v) is 8.92. The van der Waals surface area contributed by atoms with Crippen molar-refractivity contribution in [2.24, 2.45) is 0 Å². The maximum atomic E-state index is 13.6. The molecule has 0 saturated carbocycles. The van der Waals surface area contributed by atoms with Crippen LogP contribution in [0.2, 0.25) is 0 Å². The lowest BCUT2D eigenvalue weighted by molar-refractivity contribution is 0.0733. The van der Waals surface area contributed by atoms with Crippen molar-refractivity contribution < 1.29 is 4.79 Å². The average molecular weight is 445 g/mol. The number of aromatic nitrogens is 2. The molecule has 0 N–H and O–H groups in total. The number of nitrogens with zero attached hydrogens (tertiary/aromatic N) is 4. The molecular formula is C28H36N4O. The van der Waals surface area contributed by atoms with E-state index < -0.39 is 0 Å². The van der Waals surface area contributed by atoms with Crippen molar-refractivity contribution in [2.75, 3.05) is 26.2 Å². The molecule has 0 atom stereocenters. The number of hydrogen-bond acceptors (Lipinski definition) is 3. The first-order valence-corrected chi connectivity index (χ1v) is 12.4. The highest BCUT2D eigenvalue weighted by Crippen LogP contribution is 2.21. The Morgan fingerprint density at radius 1 is 0.818 bits per heavy atom. The SMILES string of the molecule is CCn1nc(-c2ccccc2)cc1C(=O)N1CCCCCCN(Cc2ccccc2)CCC1. The first kappa shape index (κ1) is 23.2. The van der Waals surface area contributed by atoms with Gasteiger partial charge < -0.3 is 4.90 Å². The molecule has 1 aliphatic heterocycles. The molecule has 1 saturated heterocycles. The van der Waals surface area contributed by atoms with Crippen LogP contribution in [0.15, 0.2) is 66.7 Å². The van der Waals surface area contributed by atoms with Crippen molar-refractivity contribution in [3.63, 3.8) is 0 Å². The lowest BCUT2D eigenvalue weighted by atomic mass is 10.1. The molecule has 0 unspecified atom stereocenters. The Balaban J connectivity index is 1.46. The van der Waals surface area contributed by atoms with Crippen LogP contribution in [-0.4, -0.2) is 51.7 Å². The van der Waals surface area contributed by atoms with E-state index in [0.29, 0.717) is 12.2 Å². The van der Waals surface area contributed by atoms with Crippen LogP contribution in [0.1, 0.15) is 55.1 Å². The smallest absolute Gasteiger partial charge is 0.272 e. The third-order valence-corrected chi connectivity index (χ3v) is 6.46. The van der Waals surface area contributed by atoms with Gasteiger partial charge in [0.05, 0.1) is 5.69 Å². The van der Waals surface area contributed by atoms with Crippen molar-refractivity contribution >= 4 is 5.91 Å². The number of carbonyl (C=O) groups is 1. The third kappa shape index (κ3) is 6.32. The molecule has 1 fully saturated rings. The van der Waals surface area contributed by atoms with Gasteiger partial charge in [0.25, 0.3) is 5.91 Å². The Bertz CT molecular complexity index is 999. The monoisotopic (exact) mass is 444 g/mol. The summed E-state index contributed by atoms with van der Waals surface area (Å²) < 4.78 is 1.86. The maximum Gasteiger partial charge on any atom is 0.272 e. The molecule has 2 aromatic carbocycles. The van der Waals surface area contributed by atoms with E-state index in [2.05, 4.69) is 40.1 Å². The van der Waals surface area contributed by atoms with Crippen molar-refractivity contribution in [3.8, 4) is 11.3 Å².